The van der Waals surface area contributed by atoms with E-state index in [-0.39, 0.29) is 36.1 Å². The number of benzene rings is 1. The largest absolute Gasteiger partial charge is 0.486 e. The average Bonchev–Trinajstić information content (AvgIpc) is 3.24. The lowest BCUT2D eigenvalue weighted by Gasteiger charge is -2.27. The van der Waals surface area contributed by atoms with E-state index in [2.05, 4.69) is 0 Å². The molecular weight excluding hydrogens is 296 g/mol. The van der Waals surface area contributed by atoms with E-state index in [9.17, 15) is 14.4 Å². The van der Waals surface area contributed by atoms with Crippen molar-refractivity contribution in [3.8, 4) is 11.5 Å². The van der Waals surface area contributed by atoms with Crippen LogP contribution in [0.4, 0.5) is 0 Å². The molecule has 1 heterocycles. The number of rotatable bonds is 6. The molecule has 1 aliphatic carbocycles. The van der Waals surface area contributed by atoms with Gasteiger partial charge in [0.25, 0.3) is 0 Å². The molecule has 0 bridgehead atoms. The molecule has 5 heteroatoms. The third-order valence-corrected chi connectivity index (χ3v) is 4.68. The molecule has 0 aromatic heterocycles. The van der Waals surface area contributed by atoms with Gasteiger partial charge >= 0.3 is 0 Å². The third-order valence-electron chi connectivity index (χ3n) is 4.68. The lowest BCUT2D eigenvalue weighted by atomic mass is 9.90. The summed E-state index contributed by atoms with van der Waals surface area (Å²) in [7, 11) is 0. The number of ether oxygens (including phenoxy) is 2. The third kappa shape index (κ3) is 2.87. The van der Waals surface area contributed by atoms with Crippen molar-refractivity contribution in [2.75, 3.05) is 6.61 Å². The van der Waals surface area contributed by atoms with Crippen LogP contribution >= 0.6 is 0 Å². The van der Waals surface area contributed by atoms with E-state index in [4.69, 9.17) is 9.47 Å². The highest BCUT2D eigenvalue weighted by molar-refractivity contribution is 6.05. The molecule has 0 N–H and O–H groups in total. The van der Waals surface area contributed by atoms with Crippen molar-refractivity contribution in [2.45, 2.75) is 38.7 Å². The standard InChI is InChI=1S/C18H20O5/c1-3-14(20)12(11(2)19)8-15(21)13-9-18(13)10-22-16-6-4-5-7-17(16)23-18/h4-7,12-13H,3,8-10H2,1-2H3. The summed E-state index contributed by atoms with van der Waals surface area (Å²) in [4.78, 5) is 35.9. The van der Waals surface area contributed by atoms with Crippen LogP contribution in [-0.4, -0.2) is 29.6 Å². The monoisotopic (exact) mass is 316 g/mol. The van der Waals surface area contributed by atoms with E-state index in [1.165, 1.54) is 6.92 Å². The van der Waals surface area contributed by atoms with Gasteiger partial charge in [0.05, 0.1) is 11.8 Å². The van der Waals surface area contributed by atoms with Crippen LogP contribution in [0.3, 0.4) is 0 Å². The van der Waals surface area contributed by atoms with Gasteiger partial charge in [0.15, 0.2) is 17.1 Å². The first kappa shape index (κ1) is 15.7. The maximum Gasteiger partial charge on any atom is 0.162 e. The molecule has 1 aromatic carbocycles. The van der Waals surface area contributed by atoms with Crippen LogP contribution < -0.4 is 9.47 Å². The van der Waals surface area contributed by atoms with E-state index < -0.39 is 11.5 Å². The zero-order valence-corrected chi connectivity index (χ0v) is 13.3. The second-order valence-corrected chi connectivity index (χ2v) is 6.31. The minimum atomic E-state index is -0.818. The van der Waals surface area contributed by atoms with Crippen LogP contribution in [0.25, 0.3) is 0 Å². The number of hydrogen-bond acceptors (Lipinski definition) is 5. The van der Waals surface area contributed by atoms with E-state index in [1.54, 1.807) is 6.92 Å². The van der Waals surface area contributed by atoms with Gasteiger partial charge in [-0.1, -0.05) is 19.1 Å². The first-order valence-electron chi connectivity index (χ1n) is 7.93. The smallest absolute Gasteiger partial charge is 0.162 e. The Labute approximate surface area is 135 Å². The maximum absolute atomic E-state index is 12.5. The maximum atomic E-state index is 12.5. The summed E-state index contributed by atoms with van der Waals surface area (Å²) in [6.45, 7) is 3.40. The first-order valence-corrected chi connectivity index (χ1v) is 7.93. The Balaban J connectivity index is 1.67. The molecule has 3 unspecified atom stereocenters. The van der Waals surface area contributed by atoms with Gasteiger partial charge in [-0.25, -0.2) is 0 Å². The van der Waals surface area contributed by atoms with Gasteiger partial charge in [-0.3, -0.25) is 14.4 Å². The summed E-state index contributed by atoms with van der Waals surface area (Å²) < 4.78 is 11.7. The highest BCUT2D eigenvalue weighted by Gasteiger charge is 2.63. The van der Waals surface area contributed by atoms with Crippen LogP contribution in [0.15, 0.2) is 24.3 Å². The summed E-state index contributed by atoms with van der Waals surface area (Å²) in [5.74, 6) is -0.308. The Kier molecular flexibility index (Phi) is 3.96. The zero-order valence-electron chi connectivity index (χ0n) is 13.3. The van der Waals surface area contributed by atoms with Crippen molar-refractivity contribution in [2.24, 2.45) is 11.8 Å². The molecule has 0 saturated heterocycles. The number of Topliss-reactive ketones (excluding diaryl/α,β-unsaturated/α-hetero) is 3. The molecule has 0 radical (unpaired) electrons. The van der Waals surface area contributed by atoms with Gasteiger partial charge in [0.2, 0.25) is 0 Å². The molecule has 5 nitrogen and oxygen atoms in total. The molecule has 23 heavy (non-hydrogen) atoms. The molecule has 1 saturated carbocycles. The molecule has 0 amide bonds. The molecule has 1 fully saturated rings. The van der Waals surface area contributed by atoms with Crippen molar-refractivity contribution in [3.63, 3.8) is 0 Å². The predicted octanol–water partition coefficient (Wildman–Crippen LogP) is 2.36. The Morgan fingerprint density at radius 2 is 1.96 bits per heavy atom. The fourth-order valence-corrected chi connectivity index (χ4v) is 3.14. The number of carbonyl (C=O) groups is 3. The van der Waals surface area contributed by atoms with Crippen LogP contribution in [0.5, 0.6) is 11.5 Å². The highest BCUT2D eigenvalue weighted by Crippen LogP contribution is 2.52. The molecule has 2 aliphatic rings. The number of para-hydroxylation sites is 2. The summed E-state index contributed by atoms with van der Waals surface area (Å²) in [5.41, 5.74) is -0.623. The van der Waals surface area contributed by atoms with Gasteiger partial charge in [-0.2, -0.15) is 0 Å². The van der Waals surface area contributed by atoms with E-state index in [0.29, 0.717) is 24.5 Å². The van der Waals surface area contributed by atoms with Gasteiger partial charge < -0.3 is 9.47 Å². The summed E-state index contributed by atoms with van der Waals surface area (Å²) in [6.07, 6.45) is 0.810. The van der Waals surface area contributed by atoms with Gasteiger partial charge in [0.1, 0.15) is 24.0 Å². The minimum Gasteiger partial charge on any atom is -0.486 e. The van der Waals surface area contributed by atoms with Gasteiger partial charge in [0, 0.05) is 19.3 Å². The lowest BCUT2D eigenvalue weighted by Crippen LogP contribution is -2.36. The number of fused-ring (bicyclic) bond motifs is 1. The fraction of sp³-hybridized carbons (Fsp3) is 0.500. The Hall–Kier alpha value is -2.17. The molecule has 3 atom stereocenters. The quantitative estimate of drug-likeness (QED) is 0.754. The van der Waals surface area contributed by atoms with Gasteiger partial charge in [-0.05, 0) is 19.1 Å². The Morgan fingerprint density at radius 1 is 1.26 bits per heavy atom. The average molecular weight is 316 g/mol. The van der Waals surface area contributed by atoms with Crippen LogP contribution in [-0.2, 0) is 14.4 Å². The molecule has 1 aliphatic heterocycles. The zero-order chi connectivity index (χ0) is 16.6. The summed E-state index contributed by atoms with van der Waals surface area (Å²) >= 11 is 0. The highest BCUT2D eigenvalue weighted by atomic mass is 16.6. The number of hydrogen-bond donors (Lipinski definition) is 0. The van der Waals surface area contributed by atoms with Gasteiger partial charge in [-0.15, -0.1) is 0 Å². The topological polar surface area (TPSA) is 69.7 Å². The number of ketones is 3. The summed E-state index contributed by atoms with van der Waals surface area (Å²) in [6, 6.07) is 7.36. The Bertz CT molecular complexity index is 665. The van der Waals surface area contributed by atoms with Crippen molar-refractivity contribution in [3.05, 3.63) is 24.3 Å². The summed E-state index contributed by atoms with van der Waals surface area (Å²) in [5, 5.41) is 0. The number of carbonyl (C=O) groups excluding carboxylic acids is 3. The van der Waals surface area contributed by atoms with E-state index >= 15 is 0 Å². The van der Waals surface area contributed by atoms with Crippen LogP contribution in [0.1, 0.15) is 33.1 Å². The molecule has 122 valence electrons. The second-order valence-electron chi connectivity index (χ2n) is 6.31. The minimum absolute atomic E-state index is 0.0283. The normalized spacial score (nSPS) is 25.7. The SMILES string of the molecule is CCC(=O)C(CC(=O)C1CC12COc1ccccc1O2)C(C)=O. The van der Waals surface area contributed by atoms with Crippen molar-refractivity contribution in [1.82, 2.24) is 0 Å². The fourth-order valence-electron chi connectivity index (χ4n) is 3.14. The van der Waals surface area contributed by atoms with E-state index in [0.717, 1.165) is 0 Å². The lowest BCUT2D eigenvalue weighted by molar-refractivity contribution is -0.136. The van der Waals surface area contributed by atoms with E-state index in [1.807, 2.05) is 24.3 Å². The Morgan fingerprint density at radius 3 is 2.61 bits per heavy atom. The molecule has 3 rings (SSSR count). The molecule has 1 aromatic rings. The van der Waals surface area contributed by atoms with Crippen molar-refractivity contribution < 1.29 is 23.9 Å². The van der Waals surface area contributed by atoms with Crippen LogP contribution in [0.2, 0.25) is 0 Å². The predicted molar refractivity (Wildman–Crippen MR) is 82.5 cm³/mol. The molecular formula is C18H20O5. The second kappa shape index (κ2) is 5.80. The van der Waals surface area contributed by atoms with Crippen LogP contribution in [0, 0.1) is 11.8 Å². The molecule has 1 spiro atoms. The first-order chi connectivity index (χ1) is 11.0. The van der Waals surface area contributed by atoms with Crippen molar-refractivity contribution >= 4 is 17.3 Å². The van der Waals surface area contributed by atoms with Crippen molar-refractivity contribution in [1.29, 1.82) is 0 Å².